The van der Waals surface area contributed by atoms with Crippen molar-refractivity contribution in [2.24, 2.45) is 0 Å². The van der Waals surface area contributed by atoms with E-state index >= 15 is 0 Å². The van der Waals surface area contributed by atoms with Crippen LogP contribution in [0.4, 0.5) is 5.69 Å². The van der Waals surface area contributed by atoms with Gasteiger partial charge in [-0.15, -0.1) is 11.8 Å². The summed E-state index contributed by atoms with van der Waals surface area (Å²) in [6.45, 7) is 5.94. The molecule has 4 nitrogen and oxygen atoms in total. The van der Waals surface area contributed by atoms with Crippen molar-refractivity contribution in [2.45, 2.75) is 17.6 Å². The highest BCUT2D eigenvalue weighted by Crippen LogP contribution is 2.35. The van der Waals surface area contributed by atoms with Gasteiger partial charge in [0.1, 0.15) is 11.9 Å². The number of rotatable bonds is 5. The number of thioether (sulfide) groups is 1. The molecule has 1 atom stereocenters. The number of nitrogens with zero attached hydrogens (tertiary/aromatic N) is 2. The third-order valence-electron chi connectivity index (χ3n) is 5.03. The van der Waals surface area contributed by atoms with Gasteiger partial charge < -0.3 is 14.4 Å². The fourth-order valence-electron chi connectivity index (χ4n) is 3.71. The van der Waals surface area contributed by atoms with E-state index < -0.39 is 0 Å². The monoisotopic (exact) mass is 370 g/mol. The minimum absolute atomic E-state index is 0.280. The minimum atomic E-state index is 0.280. The molecule has 0 radical (unpaired) electrons. The minimum Gasteiger partial charge on any atom is -0.487 e. The summed E-state index contributed by atoms with van der Waals surface area (Å²) in [5.74, 6) is 2.08. The lowest BCUT2D eigenvalue weighted by Crippen LogP contribution is -2.50. The van der Waals surface area contributed by atoms with Crippen molar-refractivity contribution < 1.29 is 9.47 Å². The largest absolute Gasteiger partial charge is 0.487 e. The van der Waals surface area contributed by atoms with E-state index in [1.165, 1.54) is 16.1 Å². The van der Waals surface area contributed by atoms with Gasteiger partial charge in [0.2, 0.25) is 0 Å². The molecule has 2 aromatic rings. The average Bonchev–Trinajstić information content (AvgIpc) is 2.69. The van der Waals surface area contributed by atoms with Gasteiger partial charge in [0.25, 0.3) is 0 Å². The van der Waals surface area contributed by atoms with Crippen LogP contribution < -0.4 is 9.64 Å². The summed E-state index contributed by atoms with van der Waals surface area (Å²) >= 11 is 1.91. The van der Waals surface area contributed by atoms with Gasteiger partial charge in [0.05, 0.1) is 6.61 Å². The zero-order valence-corrected chi connectivity index (χ0v) is 16.1. The first-order valence-electron chi connectivity index (χ1n) is 9.26. The van der Waals surface area contributed by atoms with Crippen LogP contribution in [0.5, 0.6) is 5.75 Å². The van der Waals surface area contributed by atoms with Gasteiger partial charge in [-0.2, -0.15) is 0 Å². The van der Waals surface area contributed by atoms with Gasteiger partial charge >= 0.3 is 0 Å². The number of hydrogen-bond donors (Lipinski definition) is 0. The van der Waals surface area contributed by atoms with Crippen LogP contribution in [0, 0.1) is 0 Å². The molecule has 2 aliphatic rings. The molecule has 1 fully saturated rings. The Hall–Kier alpha value is -1.69. The standard InChI is InChI=1S/C21H26N2O2S/c1-24-15-17-6-2-3-7-19(17)23-12-10-22(11-13-23)14-18-16-26-21-9-5-4-8-20(21)25-18/h2-9,18H,10-16H2,1H3. The number of ether oxygens (including phenoxy) is 2. The van der Waals surface area contributed by atoms with Gasteiger partial charge in [0, 0.05) is 61.7 Å². The highest BCUT2D eigenvalue weighted by molar-refractivity contribution is 7.99. The Morgan fingerprint density at radius 1 is 1.04 bits per heavy atom. The maximum absolute atomic E-state index is 6.20. The number of piperazine rings is 1. The quantitative estimate of drug-likeness (QED) is 0.802. The van der Waals surface area contributed by atoms with E-state index in [0.29, 0.717) is 6.61 Å². The Balaban J connectivity index is 1.32. The lowest BCUT2D eigenvalue weighted by Gasteiger charge is -2.39. The van der Waals surface area contributed by atoms with Crippen molar-refractivity contribution >= 4 is 17.4 Å². The van der Waals surface area contributed by atoms with E-state index in [1.807, 2.05) is 11.8 Å². The van der Waals surface area contributed by atoms with Gasteiger partial charge in [-0.25, -0.2) is 0 Å². The smallest absolute Gasteiger partial charge is 0.133 e. The molecule has 138 valence electrons. The Bertz CT molecular complexity index is 731. The highest BCUT2D eigenvalue weighted by atomic mass is 32.2. The van der Waals surface area contributed by atoms with Gasteiger partial charge in [-0.3, -0.25) is 4.90 Å². The summed E-state index contributed by atoms with van der Waals surface area (Å²) in [7, 11) is 1.76. The summed E-state index contributed by atoms with van der Waals surface area (Å²) in [5.41, 5.74) is 2.58. The first kappa shape index (κ1) is 17.7. The third-order valence-corrected chi connectivity index (χ3v) is 6.22. The summed E-state index contributed by atoms with van der Waals surface area (Å²) in [5, 5.41) is 0. The summed E-state index contributed by atoms with van der Waals surface area (Å²) < 4.78 is 11.6. The molecular weight excluding hydrogens is 344 g/mol. The Labute approximate surface area is 160 Å². The number of para-hydroxylation sites is 2. The molecule has 1 unspecified atom stereocenters. The molecule has 2 aliphatic heterocycles. The van der Waals surface area contributed by atoms with Crippen LogP contribution in [-0.2, 0) is 11.3 Å². The zero-order valence-electron chi connectivity index (χ0n) is 15.3. The molecule has 1 saturated heterocycles. The molecule has 0 spiro atoms. The third kappa shape index (κ3) is 4.00. The van der Waals surface area contributed by atoms with Crippen molar-refractivity contribution in [2.75, 3.05) is 50.5 Å². The molecular formula is C21H26N2O2S. The highest BCUT2D eigenvalue weighted by Gasteiger charge is 2.25. The molecule has 4 rings (SSSR count). The molecule has 5 heteroatoms. The maximum Gasteiger partial charge on any atom is 0.133 e. The second kappa shape index (κ2) is 8.33. The molecule has 0 saturated carbocycles. The van der Waals surface area contributed by atoms with Crippen LogP contribution in [0.15, 0.2) is 53.4 Å². The number of hydrogen-bond acceptors (Lipinski definition) is 5. The van der Waals surface area contributed by atoms with Crippen LogP contribution in [-0.4, -0.2) is 56.6 Å². The van der Waals surface area contributed by atoms with E-state index in [0.717, 1.165) is 44.2 Å². The van der Waals surface area contributed by atoms with Crippen molar-refractivity contribution in [1.82, 2.24) is 4.90 Å². The SMILES string of the molecule is COCc1ccccc1N1CCN(CC2CSc3ccccc3O2)CC1. The summed E-state index contributed by atoms with van der Waals surface area (Å²) in [6, 6.07) is 16.9. The second-order valence-corrected chi connectivity index (χ2v) is 7.91. The van der Waals surface area contributed by atoms with Crippen molar-refractivity contribution in [1.29, 1.82) is 0 Å². The fraction of sp³-hybridized carbons (Fsp3) is 0.429. The Morgan fingerprint density at radius 3 is 2.65 bits per heavy atom. The maximum atomic E-state index is 6.20. The van der Waals surface area contributed by atoms with Crippen molar-refractivity contribution in [3.05, 3.63) is 54.1 Å². The van der Waals surface area contributed by atoms with Crippen molar-refractivity contribution in [3.63, 3.8) is 0 Å². The van der Waals surface area contributed by atoms with E-state index in [9.17, 15) is 0 Å². The number of anilines is 1. The Kier molecular flexibility index (Phi) is 5.68. The fourth-order valence-corrected chi connectivity index (χ4v) is 4.68. The number of methoxy groups -OCH3 is 1. The van der Waals surface area contributed by atoms with Crippen LogP contribution >= 0.6 is 11.8 Å². The van der Waals surface area contributed by atoms with E-state index in [4.69, 9.17) is 9.47 Å². The topological polar surface area (TPSA) is 24.9 Å². The van der Waals surface area contributed by atoms with Crippen LogP contribution in [0.1, 0.15) is 5.56 Å². The lowest BCUT2D eigenvalue weighted by atomic mass is 10.1. The predicted octanol–water partition coefficient (Wildman–Crippen LogP) is 3.51. The zero-order chi connectivity index (χ0) is 17.8. The van der Waals surface area contributed by atoms with Crippen LogP contribution in [0.25, 0.3) is 0 Å². The Morgan fingerprint density at radius 2 is 1.81 bits per heavy atom. The van der Waals surface area contributed by atoms with Gasteiger partial charge in [-0.1, -0.05) is 30.3 Å². The van der Waals surface area contributed by atoms with Gasteiger partial charge in [-0.05, 0) is 18.2 Å². The number of fused-ring (bicyclic) bond motifs is 1. The molecule has 0 aliphatic carbocycles. The molecule has 0 bridgehead atoms. The van der Waals surface area contributed by atoms with Gasteiger partial charge in [0.15, 0.2) is 0 Å². The normalized spacial score (nSPS) is 20.5. The molecule has 2 heterocycles. The van der Waals surface area contributed by atoms with Crippen LogP contribution in [0.3, 0.4) is 0 Å². The van der Waals surface area contributed by atoms with Crippen LogP contribution in [0.2, 0.25) is 0 Å². The van der Waals surface area contributed by atoms with E-state index in [2.05, 4.69) is 58.3 Å². The van der Waals surface area contributed by atoms with Crippen molar-refractivity contribution in [3.8, 4) is 5.75 Å². The first-order valence-corrected chi connectivity index (χ1v) is 10.2. The van der Waals surface area contributed by atoms with E-state index in [1.54, 1.807) is 7.11 Å². The number of benzene rings is 2. The molecule has 0 N–H and O–H groups in total. The lowest BCUT2D eigenvalue weighted by molar-refractivity contribution is 0.138. The average molecular weight is 371 g/mol. The van der Waals surface area contributed by atoms with E-state index in [-0.39, 0.29) is 6.10 Å². The molecule has 26 heavy (non-hydrogen) atoms. The first-order chi connectivity index (χ1) is 12.8. The molecule has 2 aromatic carbocycles. The predicted molar refractivity (Wildman–Crippen MR) is 107 cm³/mol. The summed E-state index contributed by atoms with van der Waals surface area (Å²) in [6.07, 6.45) is 0.280. The second-order valence-electron chi connectivity index (χ2n) is 6.85. The molecule has 0 aromatic heterocycles. The summed E-state index contributed by atoms with van der Waals surface area (Å²) in [4.78, 5) is 6.29. The molecule has 0 amide bonds.